The van der Waals surface area contributed by atoms with Crippen molar-refractivity contribution in [2.75, 3.05) is 65.1 Å². The third-order valence-corrected chi connectivity index (χ3v) is 17.2. The predicted molar refractivity (Wildman–Crippen MR) is 241 cm³/mol. The Morgan fingerprint density at radius 3 is 2.27 bits per heavy atom. The van der Waals surface area contributed by atoms with Crippen molar-refractivity contribution in [3.05, 3.63) is 52.1 Å². The van der Waals surface area contributed by atoms with Crippen LogP contribution in [0.4, 0.5) is 0 Å². The van der Waals surface area contributed by atoms with Crippen LogP contribution in [0.5, 0.6) is 17.2 Å². The number of likely N-dealkylation sites (tertiary alicyclic amines) is 1. The normalized spacial score (nSPS) is 23.6. The quantitative estimate of drug-likeness (QED) is 0.0579. The SMILES string of the molecule is COc1cc2c(cc1OCCCCCOc1cc3c(cc1C)C(=O)N1CC(=NOCCCP(=O)(O)CCCN4C(=O)CC(SC)C4=O)C[C@H]1C(S(=O)(=O)O)C3)CC[C@@H]1CCCN1C2=O. The number of benzene rings is 2. The summed E-state index contributed by atoms with van der Waals surface area (Å²) in [6, 6.07) is 6.54. The second-order valence-corrected chi connectivity index (χ2v) is 22.6. The molecule has 3 fully saturated rings. The molecular weight excluding hydrogens is 888 g/mol. The molecule has 7 rings (SSSR count). The van der Waals surface area contributed by atoms with Crippen molar-refractivity contribution in [3.8, 4) is 17.2 Å². The average Bonchev–Trinajstić information content (AvgIpc) is 3.94. The van der Waals surface area contributed by atoms with Crippen LogP contribution in [0.25, 0.3) is 0 Å². The first-order valence-corrected chi connectivity index (χ1v) is 26.9. The van der Waals surface area contributed by atoms with Crippen LogP contribution in [0.1, 0.15) is 102 Å². The molecule has 0 radical (unpaired) electrons. The molecule has 0 bridgehead atoms. The summed E-state index contributed by atoms with van der Waals surface area (Å²) in [5, 5.41) is 2.42. The van der Waals surface area contributed by atoms with E-state index in [9.17, 15) is 41.6 Å². The highest BCUT2D eigenvalue weighted by atomic mass is 32.2. The number of hydrogen-bond acceptors (Lipinski definition) is 13. The lowest BCUT2D eigenvalue weighted by Gasteiger charge is -2.26. The Balaban J connectivity index is 0.871. The second kappa shape index (κ2) is 20.6. The first-order chi connectivity index (χ1) is 30.6. The molecule has 2 aromatic carbocycles. The van der Waals surface area contributed by atoms with E-state index in [1.54, 1.807) is 25.5 Å². The summed E-state index contributed by atoms with van der Waals surface area (Å²) in [6.45, 7) is 3.53. The van der Waals surface area contributed by atoms with Gasteiger partial charge >= 0.3 is 0 Å². The zero-order valence-electron chi connectivity index (χ0n) is 36.7. The Kier molecular flexibility index (Phi) is 15.4. The minimum absolute atomic E-state index is 0.000677. The summed E-state index contributed by atoms with van der Waals surface area (Å²) in [7, 11) is -6.61. The maximum atomic E-state index is 13.9. The fraction of sp³-hybridized carbons (Fsp3) is 0.614. The number of amides is 4. The van der Waals surface area contributed by atoms with Crippen molar-refractivity contribution in [1.29, 1.82) is 0 Å². The van der Waals surface area contributed by atoms with Crippen LogP contribution < -0.4 is 14.2 Å². The van der Waals surface area contributed by atoms with E-state index in [-0.39, 0.29) is 81.8 Å². The average molecular weight is 947 g/mol. The summed E-state index contributed by atoms with van der Waals surface area (Å²) in [6.07, 6.45) is 8.25. The fourth-order valence-electron chi connectivity index (χ4n) is 9.49. The van der Waals surface area contributed by atoms with Crippen molar-refractivity contribution >= 4 is 58.6 Å². The summed E-state index contributed by atoms with van der Waals surface area (Å²) in [5.74, 6) is 0.825. The maximum Gasteiger partial charge on any atom is 0.270 e. The summed E-state index contributed by atoms with van der Waals surface area (Å²) < 4.78 is 66.6. The highest BCUT2D eigenvalue weighted by Gasteiger charge is 2.47. The zero-order valence-corrected chi connectivity index (χ0v) is 39.2. The Morgan fingerprint density at radius 1 is 0.844 bits per heavy atom. The number of thioether (sulfide) groups is 1. The molecule has 350 valence electrons. The number of carbonyl (C=O) groups is 4. The molecule has 20 heteroatoms. The van der Waals surface area contributed by atoms with Crippen molar-refractivity contribution < 1.29 is 60.7 Å². The molecule has 5 aliphatic rings. The highest BCUT2D eigenvalue weighted by Crippen LogP contribution is 2.42. The molecule has 3 unspecified atom stereocenters. The number of carbonyl (C=O) groups excluding carboxylic acids is 4. The van der Waals surface area contributed by atoms with E-state index >= 15 is 0 Å². The van der Waals surface area contributed by atoms with Crippen LogP contribution in [0, 0.1) is 6.92 Å². The third-order valence-electron chi connectivity index (χ3n) is 12.9. The van der Waals surface area contributed by atoms with Gasteiger partial charge in [0.15, 0.2) is 11.5 Å². The maximum absolute atomic E-state index is 13.9. The molecule has 17 nitrogen and oxygen atoms in total. The third kappa shape index (κ3) is 10.9. The lowest BCUT2D eigenvalue weighted by Crippen LogP contribution is -2.44. The number of hydrogen-bond donors (Lipinski definition) is 2. The van der Waals surface area contributed by atoms with Gasteiger partial charge in [0, 0.05) is 55.4 Å². The first-order valence-electron chi connectivity index (χ1n) is 22.1. The van der Waals surface area contributed by atoms with Gasteiger partial charge in [0.1, 0.15) is 17.6 Å². The number of ether oxygens (including phenoxy) is 3. The van der Waals surface area contributed by atoms with Gasteiger partial charge in [-0.25, -0.2) is 0 Å². The molecule has 5 aliphatic heterocycles. The molecule has 5 heterocycles. The van der Waals surface area contributed by atoms with E-state index in [4.69, 9.17) is 19.0 Å². The summed E-state index contributed by atoms with van der Waals surface area (Å²) in [4.78, 5) is 72.1. The lowest BCUT2D eigenvalue weighted by atomic mass is 9.98. The van der Waals surface area contributed by atoms with Gasteiger partial charge in [-0.05, 0) is 118 Å². The molecule has 0 saturated carbocycles. The number of methoxy groups -OCH3 is 1. The summed E-state index contributed by atoms with van der Waals surface area (Å²) in [5.41, 5.74) is 3.56. The van der Waals surface area contributed by atoms with Crippen molar-refractivity contribution in [2.24, 2.45) is 5.16 Å². The molecule has 0 spiro atoms. The van der Waals surface area contributed by atoms with E-state index in [1.807, 2.05) is 24.0 Å². The van der Waals surface area contributed by atoms with Gasteiger partial charge in [0.25, 0.3) is 21.9 Å². The highest BCUT2D eigenvalue weighted by molar-refractivity contribution is 8.00. The monoisotopic (exact) mass is 946 g/mol. The van der Waals surface area contributed by atoms with Gasteiger partial charge < -0.3 is 33.7 Å². The van der Waals surface area contributed by atoms with E-state index in [2.05, 4.69) is 5.16 Å². The minimum Gasteiger partial charge on any atom is -0.493 e. The lowest BCUT2D eigenvalue weighted by molar-refractivity contribution is -0.138. The minimum atomic E-state index is -4.62. The van der Waals surface area contributed by atoms with Crippen LogP contribution in [0.15, 0.2) is 29.4 Å². The standard InChI is InChI=1S/C44H59N4O13PS2/c1-28-20-33-30(22-36(28)59-15-5-4-6-16-60-38-21-29-11-12-32-10-7-13-46(32)42(50)34(29)25-37(38)58-2)23-40(64(55,56)57)35-24-31(27-48(35)43(33)51)45-61-17-9-19-62(53,54)18-8-14-47-41(49)26-39(63-3)44(47)52/h20-22,25,32,35,39-40H,4-19,23-24,26-27H2,1-3H3,(H,53,54)(H,55,56,57)/t32-,35-,39?,40?/m0/s1. The Bertz CT molecular complexity index is 2310. The van der Waals surface area contributed by atoms with Gasteiger partial charge in [-0.2, -0.15) is 20.2 Å². The van der Waals surface area contributed by atoms with E-state index < -0.39 is 39.9 Å². The number of imide groups is 1. The largest absolute Gasteiger partial charge is 0.493 e. The Morgan fingerprint density at radius 2 is 1.55 bits per heavy atom. The van der Waals surface area contributed by atoms with Crippen LogP contribution >= 0.6 is 19.1 Å². The second-order valence-electron chi connectivity index (χ2n) is 17.3. The topological polar surface area (TPSA) is 219 Å². The summed E-state index contributed by atoms with van der Waals surface area (Å²) >= 11 is 1.31. The molecule has 3 saturated heterocycles. The predicted octanol–water partition coefficient (Wildman–Crippen LogP) is 5.12. The number of oxime groups is 1. The molecule has 5 atom stereocenters. The van der Waals surface area contributed by atoms with Crippen LogP contribution in [0.2, 0.25) is 0 Å². The van der Waals surface area contributed by atoms with Gasteiger partial charge in [-0.3, -0.25) is 33.2 Å². The Hall–Kier alpha value is -4.16. The van der Waals surface area contributed by atoms with Gasteiger partial charge in [0.05, 0.1) is 43.9 Å². The number of nitrogens with zero attached hydrogens (tertiary/aromatic N) is 4. The van der Waals surface area contributed by atoms with Gasteiger partial charge in [0.2, 0.25) is 19.2 Å². The smallest absolute Gasteiger partial charge is 0.270 e. The van der Waals surface area contributed by atoms with Gasteiger partial charge in [-0.1, -0.05) is 5.16 Å². The van der Waals surface area contributed by atoms with E-state index in [1.165, 1.54) is 16.7 Å². The zero-order chi connectivity index (χ0) is 45.8. The number of rotatable bonds is 20. The van der Waals surface area contributed by atoms with E-state index in [0.717, 1.165) is 55.5 Å². The number of aryl methyl sites for hydroxylation is 2. The molecule has 64 heavy (non-hydrogen) atoms. The van der Waals surface area contributed by atoms with Crippen molar-refractivity contribution in [2.45, 2.75) is 107 Å². The van der Waals surface area contributed by atoms with Gasteiger partial charge in [-0.15, -0.1) is 0 Å². The van der Waals surface area contributed by atoms with Crippen molar-refractivity contribution in [1.82, 2.24) is 14.7 Å². The fourth-order valence-corrected chi connectivity index (χ4v) is 12.6. The molecular formula is C44H59N4O13PS2. The van der Waals surface area contributed by atoms with Crippen LogP contribution in [0.3, 0.4) is 0 Å². The van der Waals surface area contributed by atoms with E-state index in [0.29, 0.717) is 70.9 Å². The molecule has 2 N–H and O–H groups in total. The number of fused-ring (bicyclic) bond motifs is 4. The van der Waals surface area contributed by atoms with Crippen LogP contribution in [-0.4, -0.2) is 150 Å². The first kappa shape index (κ1) is 47.8. The Labute approximate surface area is 378 Å². The number of unbranched alkanes of at least 4 members (excludes halogenated alkanes) is 2. The molecule has 0 aromatic heterocycles. The van der Waals surface area contributed by atoms with Crippen LogP contribution in [-0.2, 0) is 42.0 Å². The van der Waals surface area contributed by atoms with Crippen molar-refractivity contribution in [3.63, 3.8) is 0 Å². The molecule has 4 amide bonds. The molecule has 2 aromatic rings. The molecule has 0 aliphatic carbocycles.